The highest BCUT2D eigenvalue weighted by molar-refractivity contribution is 6.14. The van der Waals surface area contributed by atoms with Gasteiger partial charge >= 0.3 is 0 Å². The molecule has 0 heterocycles. The highest BCUT2D eigenvalue weighted by Gasteiger charge is 2.15. The summed E-state index contributed by atoms with van der Waals surface area (Å²) >= 11 is 0. The number of halogens is 1. The minimum absolute atomic E-state index is 0.0625. The summed E-state index contributed by atoms with van der Waals surface area (Å²) in [5, 5.41) is 11.1. The molecule has 0 saturated heterocycles. The lowest BCUT2D eigenvalue weighted by Crippen LogP contribution is -2.39. The van der Waals surface area contributed by atoms with E-state index in [1.807, 2.05) is 6.92 Å². The van der Waals surface area contributed by atoms with Crippen molar-refractivity contribution >= 4 is 17.3 Å². The van der Waals surface area contributed by atoms with Crippen LogP contribution in [-0.4, -0.2) is 24.2 Å². The molecule has 1 amide bonds. The molecule has 0 radical (unpaired) electrons. The zero-order valence-electron chi connectivity index (χ0n) is 13.5. The van der Waals surface area contributed by atoms with Gasteiger partial charge in [0.25, 0.3) is 5.91 Å². The van der Waals surface area contributed by atoms with Crippen molar-refractivity contribution < 1.29 is 9.18 Å². The van der Waals surface area contributed by atoms with E-state index in [0.717, 1.165) is 6.42 Å². The second-order valence-electron chi connectivity index (χ2n) is 5.50. The van der Waals surface area contributed by atoms with Crippen LogP contribution in [0, 0.1) is 11.2 Å². The van der Waals surface area contributed by atoms with Gasteiger partial charge in [-0.2, -0.15) is 0 Å². The largest absolute Gasteiger partial charge is 0.398 e. The van der Waals surface area contributed by atoms with Gasteiger partial charge in [0, 0.05) is 35.0 Å². The van der Waals surface area contributed by atoms with Gasteiger partial charge in [-0.05, 0) is 36.8 Å². The van der Waals surface area contributed by atoms with Gasteiger partial charge in [-0.25, -0.2) is 4.39 Å². The third kappa shape index (κ3) is 3.97. The lowest BCUT2D eigenvalue weighted by Gasteiger charge is -2.15. The van der Waals surface area contributed by atoms with Gasteiger partial charge in [-0.3, -0.25) is 10.2 Å². The van der Waals surface area contributed by atoms with Gasteiger partial charge < -0.3 is 16.8 Å². The van der Waals surface area contributed by atoms with Crippen molar-refractivity contribution in [2.45, 2.75) is 19.4 Å². The van der Waals surface area contributed by atoms with Crippen LogP contribution in [0.5, 0.6) is 0 Å². The lowest BCUT2D eigenvalue weighted by atomic mass is 9.98. The Morgan fingerprint density at radius 2 is 2.00 bits per heavy atom. The molecule has 2 aromatic rings. The quantitative estimate of drug-likeness (QED) is 0.483. The molecule has 1 atom stereocenters. The minimum atomic E-state index is -0.432. The van der Waals surface area contributed by atoms with Crippen LogP contribution in [0.1, 0.15) is 34.8 Å². The number of hydrogen-bond acceptors (Lipinski definition) is 4. The van der Waals surface area contributed by atoms with Crippen molar-refractivity contribution in [1.82, 2.24) is 5.32 Å². The molecule has 0 spiro atoms. The van der Waals surface area contributed by atoms with E-state index in [4.69, 9.17) is 16.9 Å². The van der Waals surface area contributed by atoms with E-state index in [-0.39, 0.29) is 17.7 Å². The molecule has 24 heavy (non-hydrogen) atoms. The molecule has 6 heteroatoms. The highest BCUT2D eigenvalue weighted by atomic mass is 19.1. The molecule has 0 aliphatic heterocycles. The maximum Gasteiger partial charge on any atom is 0.251 e. The van der Waals surface area contributed by atoms with Gasteiger partial charge in [-0.1, -0.05) is 19.1 Å². The van der Waals surface area contributed by atoms with Crippen LogP contribution >= 0.6 is 0 Å². The summed E-state index contributed by atoms with van der Waals surface area (Å²) in [6.45, 7) is 2.29. The first kappa shape index (κ1) is 17.6. The summed E-state index contributed by atoms with van der Waals surface area (Å²) < 4.78 is 13.4. The maximum absolute atomic E-state index is 13.4. The minimum Gasteiger partial charge on any atom is -0.398 e. The van der Waals surface area contributed by atoms with Crippen LogP contribution in [0.3, 0.4) is 0 Å². The molecule has 2 aromatic carbocycles. The van der Waals surface area contributed by atoms with Crippen molar-refractivity contribution in [1.29, 1.82) is 5.41 Å². The van der Waals surface area contributed by atoms with E-state index < -0.39 is 5.82 Å². The van der Waals surface area contributed by atoms with E-state index >= 15 is 0 Å². The van der Waals surface area contributed by atoms with Gasteiger partial charge in [0.05, 0.1) is 5.71 Å². The first-order chi connectivity index (χ1) is 11.5. The molecule has 0 bridgehead atoms. The predicted molar refractivity (Wildman–Crippen MR) is 93.8 cm³/mol. The van der Waals surface area contributed by atoms with Gasteiger partial charge in [0.15, 0.2) is 0 Å². The van der Waals surface area contributed by atoms with Crippen molar-refractivity contribution in [3.8, 4) is 0 Å². The molecule has 126 valence electrons. The third-order valence-electron chi connectivity index (χ3n) is 3.81. The number of benzene rings is 2. The van der Waals surface area contributed by atoms with Crippen LogP contribution in [0.25, 0.3) is 0 Å². The number of nitrogen functional groups attached to an aromatic ring is 1. The van der Waals surface area contributed by atoms with E-state index in [9.17, 15) is 9.18 Å². The van der Waals surface area contributed by atoms with E-state index in [0.29, 0.717) is 28.9 Å². The predicted octanol–water partition coefficient (Wildman–Crippen LogP) is 2.29. The van der Waals surface area contributed by atoms with Gasteiger partial charge in [0.2, 0.25) is 0 Å². The van der Waals surface area contributed by atoms with Crippen molar-refractivity contribution in [3.05, 3.63) is 65.0 Å². The monoisotopic (exact) mass is 328 g/mol. The topological polar surface area (TPSA) is 105 Å². The van der Waals surface area contributed by atoms with Crippen molar-refractivity contribution in [2.75, 3.05) is 12.3 Å². The summed E-state index contributed by atoms with van der Waals surface area (Å²) in [6.07, 6.45) is 0.725. The van der Waals surface area contributed by atoms with Crippen LogP contribution in [0.4, 0.5) is 10.1 Å². The smallest absolute Gasteiger partial charge is 0.251 e. The lowest BCUT2D eigenvalue weighted by molar-refractivity contribution is 0.0937. The Labute approximate surface area is 140 Å². The number of rotatable bonds is 6. The normalized spacial score (nSPS) is 11.8. The molecule has 6 N–H and O–H groups in total. The Balaban J connectivity index is 2.31. The standard InChI is InChI=1S/C18H21FN4O/c1-2-14(10-20)23-18(24)12-6-7-16(21)15(9-12)17(22)11-4-3-5-13(19)8-11/h3-9,14,22H,2,10,20-21H2,1H3,(H,23,24)/t14-/m0/s1. The van der Waals surface area contributed by atoms with E-state index in [1.165, 1.54) is 18.2 Å². The number of hydrogen-bond donors (Lipinski definition) is 4. The fourth-order valence-electron chi connectivity index (χ4n) is 2.31. The van der Waals surface area contributed by atoms with Crippen molar-refractivity contribution in [3.63, 3.8) is 0 Å². The van der Waals surface area contributed by atoms with Crippen molar-refractivity contribution in [2.24, 2.45) is 5.73 Å². The highest BCUT2D eigenvalue weighted by Crippen LogP contribution is 2.19. The number of amides is 1. The molecule has 0 aliphatic carbocycles. The van der Waals surface area contributed by atoms with Crippen LogP contribution in [-0.2, 0) is 0 Å². The SMILES string of the molecule is CC[C@@H](CN)NC(=O)c1ccc(N)c(C(=N)c2cccc(F)c2)c1. The zero-order chi connectivity index (χ0) is 17.7. The van der Waals surface area contributed by atoms with Crippen LogP contribution in [0.2, 0.25) is 0 Å². The van der Waals surface area contributed by atoms with Gasteiger partial charge in [-0.15, -0.1) is 0 Å². The Hall–Kier alpha value is -2.73. The second-order valence-corrected chi connectivity index (χ2v) is 5.50. The summed E-state index contributed by atoms with van der Waals surface area (Å²) in [5.74, 6) is -0.709. The molecule has 0 aliphatic rings. The second kappa shape index (κ2) is 7.70. The first-order valence-electron chi connectivity index (χ1n) is 7.71. The van der Waals surface area contributed by atoms with E-state index in [1.54, 1.807) is 24.3 Å². The summed E-state index contributed by atoms with van der Waals surface area (Å²) in [4.78, 5) is 12.3. The van der Waals surface area contributed by atoms with Crippen LogP contribution in [0.15, 0.2) is 42.5 Å². The molecule has 5 nitrogen and oxygen atoms in total. The summed E-state index contributed by atoms with van der Waals surface area (Å²) in [6, 6.07) is 10.3. The molecule has 2 rings (SSSR count). The first-order valence-corrected chi connectivity index (χ1v) is 7.71. The number of anilines is 1. The third-order valence-corrected chi connectivity index (χ3v) is 3.81. The molecule has 0 aromatic heterocycles. The molecule has 0 unspecified atom stereocenters. The Morgan fingerprint density at radius 1 is 1.25 bits per heavy atom. The zero-order valence-corrected chi connectivity index (χ0v) is 13.5. The average Bonchev–Trinajstić information content (AvgIpc) is 2.59. The average molecular weight is 328 g/mol. The van der Waals surface area contributed by atoms with E-state index in [2.05, 4.69) is 5.32 Å². The molecule has 0 fully saturated rings. The molecule has 0 saturated carbocycles. The summed E-state index contributed by atoms with van der Waals surface area (Å²) in [7, 11) is 0. The molecular weight excluding hydrogens is 307 g/mol. The number of nitrogens with two attached hydrogens (primary N) is 2. The number of carbonyl (C=O) groups is 1. The van der Waals surface area contributed by atoms with Crippen LogP contribution < -0.4 is 16.8 Å². The number of nitrogens with one attached hydrogen (secondary N) is 2. The Bertz CT molecular complexity index is 756. The fourth-order valence-corrected chi connectivity index (χ4v) is 2.31. The molecular formula is C18H21FN4O. The summed E-state index contributed by atoms with van der Waals surface area (Å²) in [5.41, 5.74) is 13.1. The number of carbonyl (C=O) groups excluding carboxylic acids is 1. The Kier molecular flexibility index (Phi) is 5.65. The maximum atomic E-state index is 13.4. The fraction of sp³-hybridized carbons (Fsp3) is 0.222. The van der Waals surface area contributed by atoms with Gasteiger partial charge in [0.1, 0.15) is 5.82 Å². The Morgan fingerprint density at radius 3 is 2.62 bits per heavy atom.